The van der Waals surface area contributed by atoms with Crippen molar-refractivity contribution in [2.24, 2.45) is 0 Å². The second-order valence-corrected chi connectivity index (χ2v) is 9.81. The Kier molecular flexibility index (Phi) is 14.5. The molecule has 0 aromatic heterocycles. The van der Waals surface area contributed by atoms with Crippen LogP contribution in [0.1, 0.15) is 70.1 Å². The Morgan fingerprint density at radius 3 is 2.49 bits per heavy atom. The van der Waals surface area contributed by atoms with Crippen LogP contribution in [0.15, 0.2) is 24.3 Å². The van der Waals surface area contributed by atoms with Crippen molar-refractivity contribution < 1.29 is 61.6 Å². The van der Waals surface area contributed by atoms with Crippen LogP contribution in [0.25, 0.3) is 0 Å². The normalized spacial score (nSPS) is 24.3. The number of nitrogens with one attached hydrogen (secondary N) is 2. The molecule has 1 amide bonds. The molecule has 1 aromatic carbocycles. The summed E-state index contributed by atoms with van der Waals surface area (Å²) < 4.78 is 17.7. The maximum atomic E-state index is 12.2. The van der Waals surface area contributed by atoms with Gasteiger partial charge >= 0.3 is 6.09 Å². The molecular weight excluding hydrogens is 525 g/mol. The first kappa shape index (κ1) is 32.0. The molecule has 2 fully saturated rings. The summed E-state index contributed by atoms with van der Waals surface area (Å²) in [6.45, 7) is 12.9. The predicted molar refractivity (Wildman–Crippen MR) is 131 cm³/mol. The number of carboxylic acid groups (broad SMARTS) is 1. The molecule has 0 bridgehead atoms. The Bertz CT molecular complexity index is 777. The summed E-state index contributed by atoms with van der Waals surface area (Å²) >= 11 is 0. The number of aryl methyl sites for hydroxylation is 1. The van der Waals surface area contributed by atoms with Gasteiger partial charge in [0.25, 0.3) is 5.97 Å². The van der Waals surface area contributed by atoms with E-state index in [2.05, 4.69) is 48.7 Å². The van der Waals surface area contributed by atoms with E-state index in [0.717, 1.165) is 32.2 Å². The first-order valence-corrected chi connectivity index (χ1v) is 12.1. The number of carbonyl (C=O) groups is 2. The molecule has 3 rings (SSSR count). The molecule has 9 heteroatoms. The second kappa shape index (κ2) is 15.9. The van der Waals surface area contributed by atoms with Crippen LogP contribution in [0.5, 0.6) is 0 Å². The molecule has 8 nitrogen and oxygen atoms in total. The van der Waals surface area contributed by atoms with E-state index in [-0.39, 0.29) is 69.5 Å². The number of amides is 1. The van der Waals surface area contributed by atoms with Gasteiger partial charge in [-0.25, -0.2) is 4.79 Å². The second-order valence-electron chi connectivity index (χ2n) is 9.81. The van der Waals surface area contributed by atoms with Gasteiger partial charge in [0.05, 0.1) is 31.5 Å². The SMILES string of the molecule is Cc1ccccc1[C@H]1CC[C@@H](OCC2NCCCC2NC(=O)OC(C)(C)C)CO1.[CH2-]CC(=O)O.[Y]. The van der Waals surface area contributed by atoms with E-state index in [1.54, 1.807) is 0 Å². The van der Waals surface area contributed by atoms with Crippen molar-refractivity contribution in [3.8, 4) is 0 Å². The first-order valence-electron chi connectivity index (χ1n) is 12.1. The molecule has 2 unspecified atom stereocenters. The summed E-state index contributed by atoms with van der Waals surface area (Å²) in [4.78, 5) is 21.5. The van der Waals surface area contributed by atoms with Gasteiger partial charge in [0.2, 0.25) is 0 Å². The van der Waals surface area contributed by atoms with E-state index in [1.165, 1.54) is 11.1 Å². The van der Waals surface area contributed by atoms with Crippen LogP contribution in [0.4, 0.5) is 4.79 Å². The van der Waals surface area contributed by atoms with Crippen molar-refractivity contribution in [1.29, 1.82) is 0 Å². The maximum Gasteiger partial charge on any atom is 0.407 e. The predicted octanol–water partition coefficient (Wildman–Crippen LogP) is 4.17. The average Bonchev–Trinajstić information content (AvgIpc) is 2.78. The maximum absolute atomic E-state index is 12.2. The fourth-order valence-corrected chi connectivity index (χ4v) is 4.05. The van der Waals surface area contributed by atoms with Crippen molar-refractivity contribution in [2.45, 2.75) is 89.7 Å². The molecule has 35 heavy (non-hydrogen) atoms. The van der Waals surface area contributed by atoms with Crippen molar-refractivity contribution in [3.05, 3.63) is 42.3 Å². The molecule has 2 aliphatic heterocycles. The molecule has 0 spiro atoms. The zero-order valence-electron chi connectivity index (χ0n) is 21.5. The summed E-state index contributed by atoms with van der Waals surface area (Å²) in [6.07, 6.45) is 3.77. The molecule has 3 N–H and O–H groups in total. The molecule has 2 saturated heterocycles. The summed E-state index contributed by atoms with van der Waals surface area (Å²) in [5.74, 6) is -0.856. The molecule has 195 valence electrons. The van der Waals surface area contributed by atoms with E-state index in [9.17, 15) is 9.59 Å². The average molecular weight is 567 g/mol. The Morgan fingerprint density at radius 1 is 1.23 bits per heavy atom. The summed E-state index contributed by atoms with van der Waals surface area (Å²) in [5.41, 5.74) is 2.06. The third-order valence-corrected chi connectivity index (χ3v) is 5.78. The fraction of sp³-hybridized carbons (Fsp3) is 0.654. The van der Waals surface area contributed by atoms with E-state index >= 15 is 0 Å². The van der Waals surface area contributed by atoms with E-state index in [4.69, 9.17) is 19.3 Å². The Morgan fingerprint density at radius 2 is 1.91 bits per heavy atom. The minimum absolute atomic E-state index is 0. The number of piperidine rings is 1. The van der Waals surface area contributed by atoms with Gasteiger partial charge in [-0.15, -0.1) is 0 Å². The largest absolute Gasteiger partial charge is 0.483 e. The van der Waals surface area contributed by atoms with Crippen molar-refractivity contribution in [1.82, 2.24) is 10.6 Å². The van der Waals surface area contributed by atoms with Crippen LogP contribution in [0.3, 0.4) is 0 Å². The van der Waals surface area contributed by atoms with Crippen LogP contribution in [0, 0.1) is 13.8 Å². The van der Waals surface area contributed by atoms with Gasteiger partial charge in [0.15, 0.2) is 0 Å². The number of carbonyl (C=O) groups excluding carboxylic acids is 1. The Labute approximate surface area is 235 Å². The standard InChI is InChI=1S/C23H36N2O4.C3H5O2.Y/c1-16-8-5-6-9-18(16)21-12-11-17(14-28-21)27-15-20-19(10-7-13-24-20)25-22(26)29-23(2,3)4;1-2-3(4)5;/h5-6,8-9,17,19-21,24H,7,10-15H2,1-4H3,(H,25,26);1-2H2,(H,4,5);/q;-1;/t17-,19?,20?,21-;;/m1../s1. The Balaban J connectivity index is 0.000000927. The fourth-order valence-electron chi connectivity index (χ4n) is 4.05. The van der Waals surface area contributed by atoms with Crippen LogP contribution < -0.4 is 10.6 Å². The topological polar surface area (TPSA) is 106 Å². The van der Waals surface area contributed by atoms with Crippen LogP contribution >= 0.6 is 0 Å². The molecule has 4 atom stereocenters. The number of hydrogen-bond acceptors (Lipinski definition) is 6. The van der Waals surface area contributed by atoms with Crippen LogP contribution in [-0.2, 0) is 51.7 Å². The van der Waals surface area contributed by atoms with Gasteiger partial charge in [-0.05, 0) is 71.0 Å². The minimum atomic E-state index is -0.856. The third-order valence-electron chi connectivity index (χ3n) is 5.78. The zero-order chi connectivity index (χ0) is 25.1. The monoisotopic (exact) mass is 566 g/mol. The van der Waals surface area contributed by atoms with Gasteiger partial charge < -0.3 is 36.9 Å². The molecule has 0 aliphatic carbocycles. The number of benzene rings is 1. The van der Waals surface area contributed by atoms with Crippen molar-refractivity contribution in [3.63, 3.8) is 0 Å². The van der Waals surface area contributed by atoms with E-state index in [1.807, 2.05) is 20.8 Å². The van der Waals surface area contributed by atoms with E-state index in [0.29, 0.717) is 13.2 Å². The van der Waals surface area contributed by atoms with Gasteiger partial charge in [0.1, 0.15) is 5.60 Å². The summed E-state index contributed by atoms with van der Waals surface area (Å²) in [5, 5.41) is 14.2. The molecule has 2 heterocycles. The number of carboxylic acids is 1. The number of aliphatic carboxylic acids is 1. The molecular formula is C26H41N2O6Y-. The quantitative estimate of drug-likeness (QED) is 0.444. The van der Waals surface area contributed by atoms with Gasteiger partial charge in [-0.3, -0.25) is 4.79 Å². The molecule has 2 aliphatic rings. The van der Waals surface area contributed by atoms with Crippen LogP contribution in [0.2, 0.25) is 0 Å². The third kappa shape index (κ3) is 12.2. The molecule has 0 saturated carbocycles. The van der Waals surface area contributed by atoms with E-state index < -0.39 is 11.6 Å². The van der Waals surface area contributed by atoms with Crippen molar-refractivity contribution in [2.75, 3.05) is 19.8 Å². The molecule has 1 aromatic rings. The van der Waals surface area contributed by atoms with Crippen LogP contribution in [-0.4, -0.2) is 60.7 Å². The van der Waals surface area contributed by atoms with Gasteiger partial charge in [-0.1, -0.05) is 30.7 Å². The van der Waals surface area contributed by atoms with Gasteiger partial charge in [-0.2, -0.15) is 0 Å². The minimum Gasteiger partial charge on any atom is -0.483 e. The summed E-state index contributed by atoms with van der Waals surface area (Å²) in [7, 11) is 0. The Hall–Kier alpha value is -1.06. The van der Waals surface area contributed by atoms with Gasteiger partial charge in [0, 0.05) is 38.8 Å². The number of alkyl carbamates (subject to hydrolysis) is 1. The zero-order valence-corrected chi connectivity index (χ0v) is 24.4. The number of hydrogen-bond donors (Lipinski definition) is 3. The van der Waals surface area contributed by atoms with Crippen molar-refractivity contribution >= 4 is 12.1 Å². The molecule has 1 radical (unpaired) electrons. The number of rotatable bonds is 6. The first-order chi connectivity index (χ1) is 16.1. The summed E-state index contributed by atoms with van der Waals surface area (Å²) in [6, 6.07) is 8.52. The number of ether oxygens (including phenoxy) is 3. The smallest absolute Gasteiger partial charge is 0.407 e.